The number of aliphatic hydroxyl groups is 1. The zero-order valence-electron chi connectivity index (χ0n) is 19.9. The van der Waals surface area contributed by atoms with E-state index in [-0.39, 0.29) is 24.0 Å². The van der Waals surface area contributed by atoms with Gasteiger partial charge in [0, 0.05) is 13.7 Å². The Balaban J connectivity index is 1.61. The molecule has 1 saturated carbocycles. The van der Waals surface area contributed by atoms with Crippen LogP contribution >= 0.6 is 0 Å². The van der Waals surface area contributed by atoms with Gasteiger partial charge in [-0.2, -0.15) is 0 Å². The molecule has 2 aliphatic carbocycles. The van der Waals surface area contributed by atoms with Gasteiger partial charge in [-0.25, -0.2) is 0 Å². The highest BCUT2D eigenvalue weighted by Crippen LogP contribution is 2.53. The first-order chi connectivity index (χ1) is 15.0. The summed E-state index contributed by atoms with van der Waals surface area (Å²) in [7, 11) is 3.53. The minimum atomic E-state index is 0.0656. The molecule has 5 atom stereocenters. The van der Waals surface area contributed by atoms with Crippen LogP contribution < -0.4 is 4.74 Å². The van der Waals surface area contributed by atoms with Crippen molar-refractivity contribution in [3.63, 3.8) is 0 Å². The molecule has 174 valence electrons. The molecule has 0 heterocycles. The largest absolute Gasteiger partial charge is 0.497 e. The van der Waals surface area contributed by atoms with Crippen LogP contribution in [-0.2, 0) is 16.1 Å². The summed E-state index contributed by atoms with van der Waals surface area (Å²) in [5.74, 6) is 2.00. The van der Waals surface area contributed by atoms with Crippen LogP contribution in [0.5, 0.6) is 5.75 Å². The molecule has 0 unspecified atom stereocenters. The van der Waals surface area contributed by atoms with Crippen LogP contribution in [0.1, 0.15) is 64.4 Å². The first kappa shape index (κ1) is 24.3. The maximum absolute atomic E-state index is 10.4. The monoisotopic (exact) mass is 430 g/mol. The second-order valence-electron chi connectivity index (χ2n) is 9.96. The smallest absolute Gasteiger partial charge is 0.118 e. The number of aliphatic hydroxyl groups excluding tert-OH is 1. The first-order valence-electron chi connectivity index (χ1n) is 12.0. The third-order valence-electron chi connectivity index (χ3n) is 7.79. The lowest BCUT2D eigenvalue weighted by molar-refractivity contribution is 0.00693. The number of benzene rings is 1. The molecule has 4 heteroatoms. The molecule has 0 aliphatic heterocycles. The van der Waals surface area contributed by atoms with E-state index >= 15 is 0 Å². The summed E-state index contributed by atoms with van der Waals surface area (Å²) in [6, 6.07) is 8.04. The topological polar surface area (TPSA) is 47.9 Å². The van der Waals surface area contributed by atoms with Crippen LogP contribution in [0.3, 0.4) is 0 Å². The molecular weight excluding hydrogens is 388 g/mol. The van der Waals surface area contributed by atoms with Crippen LogP contribution in [0.2, 0.25) is 0 Å². The van der Waals surface area contributed by atoms with E-state index in [9.17, 15) is 5.11 Å². The second-order valence-corrected chi connectivity index (χ2v) is 9.96. The molecular formula is C27H42O4. The summed E-state index contributed by atoms with van der Waals surface area (Å²) in [5, 5.41) is 10.4. The van der Waals surface area contributed by atoms with Gasteiger partial charge in [-0.15, -0.1) is 0 Å². The fourth-order valence-electron chi connectivity index (χ4n) is 5.98. The summed E-state index contributed by atoms with van der Waals surface area (Å²) < 4.78 is 17.4. The number of ether oxygens (including phenoxy) is 3. The van der Waals surface area contributed by atoms with E-state index in [4.69, 9.17) is 14.2 Å². The molecule has 0 aromatic heterocycles. The highest BCUT2D eigenvalue weighted by molar-refractivity contribution is 5.26. The van der Waals surface area contributed by atoms with Gasteiger partial charge < -0.3 is 19.3 Å². The third kappa shape index (κ3) is 6.12. The summed E-state index contributed by atoms with van der Waals surface area (Å²) in [6.45, 7) is 6.18. The summed E-state index contributed by atoms with van der Waals surface area (Å²) in [6.07, 6.45) is 10.9. The van der Waals surface area contributed by atoms with E-state index in [1.54, 1.807) is 7.11 Å². The minimum absolute atomic E-state index is 0.0656. The molecule has 3 rings (SSSR count). The first-order valence-corrected chi connectivity index (χ1v) is 12.0. The van der Waals surface area contributed by atoms with Crippen LogP contribution in [0.4, 0.5) is 0 Å². The van der Waals surface area contributed by atoms with E-state index in [1.165, 1.54) is 31.3 Å². The zero-order valence-corrected chi connectivity index (χ0v) is 19.9. The molecule has 1 fully saturated rings. The number of hydrogen-bond donors (Lipinski definition) is 1. The Hall–Kier alpha value is -1.36. The molecule has 2 aliphatic rings. The van der Waals surface area contributed by atoms with Crippen molar-refractivity contribution in [3.8, 4) is 5.75 Å². The Morgan fingerprint density at radius 2 is 1.90 bits per heavy atom. The Morgan fingerprint density at radius 1 is 1.13 bits per heavy atom. The molecule has 0 saturated heterocycles. The van der Waals surface area contributed by atoms with Crippen molar-refractivity contribution in [1.82, 2.24) is 0 Å². The SMILES string of the molecule is COc1ccc(COC[C@@H]2[C@@H](C)C[C@@](C)(C[C@@H](OC)C3=CCCCCC3)[C@H]2CO)cc1. The Labute approximate surface area is 189 Å². The number of allylic oxidation sites excluding steroid dienone is 1. The van der Waals surface area contributed by atoms with E-state index in [2.05, 4.69) is 19.9 Å². The molecule has 0 radical (unpaired) electrons. The van der Waals surface area contributed by atoms with Crippen molar-refractivity contribution in [2.24, 2.45) is 23.2 Å². The van der Waals surface area contributed by atoms with Crippen LogP contribution in [0.15, 0.2) is 35.9 Å². The van der Waals surface area contributed by atoms with Crippen molar-refractivity contribution in [2.45, 2.75) is 71.5 Å². The molecule has 1 aromatic rings. The van der Waals surface area contributed by atoms with Crippen LogP contribution in [0, 0.1) is 23.2 Å². The van der Waals surface area contributed by atoms with E-state index < -0.39 is 0 Å². The highest BCUT2D eigenvalue weighted by Gasteiger charge is 2.49. The van der Waals surface area contributed by atoms with Crippen molar-refractivity contribution in [3.05, 3.63) is 41.5 Å². The van der Waals surface area contributed by atoms with Crippen molar-refractivity contribution >= 4 is 0 Å². The highest BCUT2D eigenvalue weighted by atomic mass is 16.5. The fraction of sp³-hybridized carbons (Fsp3) is 0.704. The number of methoxy groups -OCH3 is 2. The van der Waals surface area contributed by atoms with Crippen molar-refractivity contribution in [2.75, 3.05) is 27.4 Å². The summed E-state index contributed by atoms with van der Waals surface area (Å²) in [4.78, 5) is 0. The van der Waals surface area contributed by atoms with Gasteiger partial charge in [0.15, 0.2) is 0 Å². The lowest BCUT2D eigenvalue weighted by atomic mass is 9.72. The lowest BCUT2D eigenvalue weighted by Crippen LogP contribution is -2.34. The molecule has 31 heavy (non-hydrogen) atoms. The van der Waals surface area contributed by atoms with E-state index in [0.29, 0.717) is 25.0 Å². The zero-order chi connectivity index (χ0) is 22.3. The average Bonchev–Trinajstić information content (AvgIpc) is 2.95. The normalized spacial score (nSPS) is 30.0. The second kappa shape index (κ2) is 11.5. The van der Waals surface area contributed by atoms with Crippen molar-refractivity contribution < 1.29 is 19.3 Å². The van der Waals surface area contributed by atoms with Gasteiger partial charge in [0.05, 0.1) is 26.4 Å². The lowest BCUT2D eigenvalue weighted by Gasteiger charge is -2.36. The summed E-state index contributed by atoms with van der Waals surface area (Å²) in [5.41, 5.74) is 2.69. The Kier molecular flexibility index (Phi) is 9.00. The Bertz CT molecular complexity index is 698. The molecule has 0 amide bonds. The number of rotatable bonds is 10. The average molecular weight is 431 g/mol. The molecule has 1 N–H and O–H groups in total. The minimum Gasteiger partial charge on any atom is -0.497 e. The summed E-state index contributed by atoms with van der Waals surface area (Å²) >= 11 is 0. The fourth-order valence-corrected chi connectivity index (χ4v) is 5.98. The predicted octanol–water partition coefficient (Wildman–Crippen LogP) is 5.78. The molecule has 0 spiro atoms. The Morgan fingerprint density at radius 3 is 2.58 bits per heavy atom. The van der Waals surface area contributed by atoms with E-state index in [0.717, 1.165) is 30.6 Å². The molecule has 4 nitrogen and oxygen atoms in total. The van der Waals surface area contributed by atoms with Gasteiger partial charge in [-0.05, 0) is 85.0 Å². The van der Waals surface area contributed by atoms with Gasteiger partial charge in [0.25, 0.3) is 0 Å². The van der Waals surface area contributed by atoms with Gasteiger partial charge in [0.1, 0.15) is 5.75 Å². The van der Waals surface area contributed by atoms with Gasteiger partial charge in [0.2, 0.25) is 0 Å². The van der Waals surface area contributed by atoms with Gasteiger partial charge in [-0.1, -0.05) is 38.5 Å². The van der Waals surface area contributed by atoms with Gasteiger partial charge in [-0.3, -0.25) is 0 Å². The predicted molar refractivity (Wildman–Crippen MR) is 125 cm³/mol. The van der Waals surface area contributed by atoms with E-state index in [1.807, 2.05) is 31.4 Å². The quantitative estimate of drug-likeness (QED) is 0.478. The van der Waals surface area contributed by atoms with Crippen molar-refractivity contribution in [1.29, 1.82) is 0 Å². The standard InChI is InChI=1S/C27H42O4/c1-20-15-27(2,16-26(30-4)22-9-7-5-6-8-10-22)25(17-28)24(20)19-31-18-21-11-13-23(29-3)14-12-21/h9,11-14,20,24-26,28H,5-8,10,15-19H2,1-4H3/t20-,24+,25-,26+,27-/m0/s1. The number of hydrogen-bond acceptors (Lipinski definition) is 4. The van der Waals surface area contributed by atoms with Crippen LogP contribution in [-0.4, -0.2) is 38.6 Å². The maximum Gasteiger partial charge on any atom is 0.118 e. The van der Waals surface area contributed by atoms with Gasteiger partial charge >= 0.3 is 0 Å². The maximum atomic E-state index is 10.4. The third-order valence-corrected chi connectivity index (χ3v) is 7.79. The molecule has 0 bridgehead atoms. The van der Waals surface area contributed by atoms with Crippen LogP contribution in [0.25, 0.3) is 0 Å². The molecule has 1 aromatic carbocycles.